The van der Waals surface area contributed by atoms with Gasteiger partial charge in [0.05, 0.1) is 5.88 Å². The van der Waals surface area contributed by atoms with Crippen molar-refractivity contribution in [2.24, 2.45) is 0 Å². The van der Waals surface area contributed by atoms with Crippen LogP contribution in [-0.2, 0) is 0 Å². The van der Waals surface area contributed by atoms with Crippen LogP contribution in [-0.4, -0.2) is 23.3 Å². The summed E-state index contributed by atoms with van der Waals surface area (Å²) < 4.78 is 33.9. The lowest BCUT2D eigenvalue weighted by molar-refractivity contribution is -0.234. The summed E-state index contributed by atoms with van der Waals surface area (Å²) in [4.78, 5) is 0. The zero-order valence-electron chi connectivity index (χ0n) is 3.74. The average Bonchev–Trinajstić information content (AvgIpc) is 1.62. The monoisotopic (exact) mass is 148 g/mol. The van der Waals surface area contributed by atoms with Gasteiger partial charge in [0.2, 0.25) is 6.17 Å². The molecule has 1 N–H and O–H groups in total. The van der Waals surface area contributed by atoms with Crippen molar-refractivity contribution < 1.29 is 18.3 Å². The second-order valence-corrected chi connectivity index (χ2v) is 1.52. The predicted molar refractivity (Wildman–Crippen MR) is 22.8 cm³/mol. The van der Waals surface area contributed by atoms with Crippen LogP contribution in [0.1, 0.15) is 0 Å². The Morgan fingerprint density at radius 3 is 2.00 bits per heavy atom. The van der Waals surface area contributed by atoms with Crippen LogP contribution in [0.3, 0.4) is 0 Å². The van der Waals surface area contributed by atoms with Crippen LogP contribution >= 0.6 is 11.6 Å². The third kappa shape index (κ3) is 2.37. The first-order valence-corrected chi connectivity index (χ1v) is 2.32. The smallest absolute Gasteiger partial charge is 0.334 e. The van der Waals surface area contributed by atoms with Gasteiger partial charge < -0.3 is 5.11 Å². The summed E-state index contributed by atoms with van der Waals surface area (Å²) >= 11 is 4.62. The minimum absolute atomic E-state index is 0.899. The van der Waals surface area contributed by atoms with Crippen molar-refractivity contribution in [3.05, 3.63) is 0 Å². The van der Waals surface area contributed by atoms with Gasteiger partial charge in [0.25, 0.3) is 0 Å². The van der Waals surface area contributed by atoms with E-state index in [1.165, 1.54) is 0 Å². The molecule has 0 aliphatic heterocycles. The number of hydrogen-bond donors (Lipinski definition) is 1. The molecular weight excluding hydrogens is 144 g/mol. The van der Waals surface area contributed by atoms with Crippen LogP contribution in [0.15, 0.2) is 0 Å². The Hall–Kier alpha value is 0.0400. The highest BCUT2D eigenvalue weighted by Crippen LogP contribution is 2.17. The Morgan fingerprint density at radius 2 is 2.00 bits per heavy atom. The van der Waals surface area contributed by atoms with Gasteiger partial charge in [0.1, 0.15) is 0 Å². The van der Waals surface area contributed by atoms with Crippen LogP contribution in [0.2, 0.25) is 0 Å². The zero-order valence-corrected chi connectivity index (χ0v) is 4.50. The Morgan fingerprint density at radius 1 is 1.62 bits per heavy atom. The van der Waals surface area contributed by atoms with Gasteiger partial charge in [-0.15, -0.1) is 11.6 Å². The molecule has 1 atom stereocenters. The molecule has 0 aromatic carbocycles. The first-order chi connectivity index (χ1) is 3.48. The van der Waals surface area contributed by atoms with E-state index in [-0.39, 0.29) is 0 Å². The van der Waals surface area contributed by atoms with Gasteiger partial charge in [-0.1, -0.05) is 0 Å². The van der Waals surface area contributed by atoms with Gasteiger partial charge in [-0.25, -0.2) is 4.39 Å². The predicted octanol–water partition coefficient (Wildman–Crippen LogP) is 1.15. The fourth-order valence-electron chi connectivity index (χ4n) is 0.0928. The lowest BCUT2D eigenvalue weighted by atomic mass is 10.4. The summed E-state index contributed by atoms with van der Waals surface area (Å²) in [5.41, 5.74) is 0. The Labute approximate surface area is 49.1 Å². The SMILES string of the molecule is OC(F)(F)C(F)CCl. The Balaban J connectivity index is 3.62. The molecule has 0 amide bonds. The minimum atomic E-state index is -4.29. The Kier molecular flexibility index (Phi) is 2.56. The summed E-state index contributed by atoms with van der Waals surface area (Å²) in [6.45, 7) is 0. The van der Waals surface area contributed by atoms with Crippen LogP contribution in [0.25, 0.3) is 0 Å². The van der Waals surface area contributed by atoms with E-state index in [1.54, 1.807) is 0 Å². The summed E-state index contributed by atoms with van der Waals surface area (Å²) in [5.74, 6) is -0.899. The van der Waals surface area contributed by atoms with Crippen molar-refractivity contribution in [1.82, 2.24) is 0 Å². The van der Waals surface area contributed by atoms with E-state index in [9.17, 15) is 13.2 Å². The normalized spacial score (nSPS) is 16.1. The number of rotatable bonds is 2. The van der Waals surface area contributed by atoms with Crippen LogP contribution in [0.5, 0.6) is 0 Å². The van der Waals surface area contributed by atoms with E-state index in [0.717, 1.165) is 0 Å². The average molecular weight is 149 g/mol. The highest BCUT2D eigenvalue weighted by atomic mass is 35.5. The van der Waals surface area contributed by atoms with Crippen LogP contribution in [0.4, 0.5) is 13.2 Å². The zero-order chi connectivity index (χ0) is 6.78. The molecule has 1 nitrogen and oxygen atoms in total. The number of halogens is 4. The first-order valence-electron chi connectivity index (χ1n) is 1.78. The van der Waals surface area contributed by atoms with Crippen molar-refractivity contribution in [2.75, 3.05) is 5.88 Å². The van der Waals surface area contributed by atoms with Gasteiger partial charge in [-0.05, 0) is 0 Å². The molecule has 0 aromatic rings. The molecule has 0 radical (unpaired) electrons. The molecule has 0 heterocycles. The number of hydrogen-bond acceptors (Lipinski definition) is 1. The molecular formula is C3H4ClF3O. The molecule has 0 rings (SSSR count). The molecule has 8 heavy (non-hydrogen) atoms. The van der Waals surface area contributed by atoms with Crippen LogP contribution in [0, 0.1) is 0 Å². The van der Waals surface area contributed by atoms with E-state index < -0.39 is 18.2 Å². The maximum atomic E-state index is 11.5. The number of aliphatic hydroxyl groups is 1. The van der Waals surface area contributed by atoms with Gasteiger partial charge >= 0.3 is 6.11 Å². The molecule has 50 valence electrons. The third-order valence-corrected chi connectivity index (χ3v) is 0.783. The molecule has 0 aliphatic carbocycles. The van der Waals surface area contributed by atoms with E-state index >= 15 is 0 Å². The van der Waals surface area contributed by atoms with Crippen molar-refractivity contribution in [2.45, 2.75) is 12.3 Å². The standard InChI is InChI=1S/C3H4ClF3O/c4-1-2(5)3(6,7)8/h2,8H,1H2. The van der Waals surface area contributed by atoms with E-state index in [1.807, 2.05) is 0 Å². The van der Waals surface area contributed by atoms with Crippen molar-refractivity contribution in [1.29, 1.82) is 0 Å². The topological polar surface area (TPSA) is 20.2 Å². The van der Waals surface area contributed by atoms with Crippen LogP contribution < -0.4 is 0 Å². The summed E-state index contributed by atoms with van der Waals surface area (Å²) in [6, 6.07) is 0. The van der Waals surface area contributed by atoms with Crippen molar-refractivity contribution >= 4 is 11.6 Å². The lowest BCUT2D eigenvalue weighted by Gasteiger charge is -2.09. The lowest BCUT2D eigenvalue weighted by Crippen LogP contribution is -2.30. The molecule has 0 fully saturated rings. The van der Waals surface area contributed by atoms with E-state index in [0.29, 0.717) is 0 Å². The molecule has 0 bridgehead atoms. The molecule has 0 aliphatic rings. The number of alkyl halides is 4. The summed E-state index contributed by atoms with van der Waals surface area (Å²) in [6.07, 6.45) is -6.95. The second kappa shape index (κ2) is 2.55. The fourth-order valence-corrected chi connectivity index (χ4v) is 0.278. The van der Waals surface area contributed by atoms with Crippen molar-refractivity contribution in [3.63, 3.8) is 0 Å². The van der Waals surface area contributed by atoms with Gasteiger partial charge in [-0.2, -0.15) is 8.78 Å². The molecule has 5 heteroatoms. The summed E-state index contributed by atoms with van der Waals surface area (Å²) in [5, 5.41) is 7.49. The highest BCUT2D eigenvalue weighted by molar-refractivity contribution is 6.18. The van der Waals surface area contributed by atoms with Crippen molar-refractivity contribution in [3.8, 4) is 0 Å². The molecule has 0 aromatic heterocycles. The van der Waals surface area contributed by atoms with Gasteiger partial charge in [0, 0.05) is 0 Å². The summed E-state index contributed by atoms with van der Waals surface area (Å²) in [7, 11) is 0. The molecule has 0 spiro atoms. The molecule has 0 saturated carbocycles. The Bertz CT molecular complexity index is 71.4. The maximum Gasteiger partial charge on any atom is 0.385 e. The maximum absolute atomic E-state index is 11.5. The molecule has 1 unspecified atom stereocenters. The van der Waals surface area contributed by atoms with Gasteiger partial charge in [0.15, 0.2) is 0 Å². The van der Waals surface area contributed by atoms with E-state index in [4.69, 9.17) is 5.11 Å². The third-order valence-electron chi connectivity index (χ3n) is 0.512. The fraction of sp³-hybridized carbons (Fsp3) is 1.00. The molecule has 0 saturated heterocycles. The quantitative estimate of drug-likeness (QED) is 0.583. The van der Waals surface area contributed by atoms with Gasteiger partial charge in [-0.3, -0.25) is 0 Å². The second-order valence-electron chi connectivity index (χ2n) is 1.21. The minimum Gasteiger partial charge on any atom is -0.334 e. The largest absolute Gasteiger partial charge is 0.385 e. The first kappa shape index (κ1) is 8.04. The van der Waals surface area contributed by atoms with E-state index in [2.05, 4.69) is 11.6 Å². The highest BCUT2D eigenvalue weighted by Gasteiger charge is 2.36.